The molecule has 0 spiro atoms. The summed E-state index contributed by atoms with van der Waals surface area (Å²) in [7, 11) is 0. The molecule has 1 aliphatic rings. The molecule has 0 bridgehead atoms. The largest absolute Gasteiger partial charge is 0.376 e. The van der Waals surface area contributed by atoms with E-state index in [4.69, 9.17) is 10.00 Å². The van der Waals surface area contributed by atoms with E-state index in [1.165, 1.54) is 0 Å². The molecule has 20 heavy (non-hydrogen) atoms. The first-order valence-corrected chi connectivity index (χ1v) is 6.83. The predicted molar refractivity (Wildman–Crippen MR) is 73.0 cm³/mol. The molecule has 0 unspecified atom stereocenters. The summed E-state index contributed by atoms with van der Waals surface area (Å²) >= 11 is 0. The summed E-state index contributed by atoms with van der Waals surface area (Å²) in [5.74, 6) is 0.0933. The Balaban J connectivity index is 2.06. The molecule has 1 fully saturated rings. The monoisotopic (exact) mass is 276 g/mol. The van der Waals surface area contributed by atoms with Crippen molar-refractivity contribution in [2.45, 2.75) is 39.2 Å². The number of aryl methyl sites for hydroxylation is 2. The number of carbonyl (C=O) groups excluding carboxylic acids is 1. The standard InChI is InChI=1S/C14H20N4O2/c1-9(14-10(2)16-17-11(14)3)6-13(19)18-4-5-20-8-12(18)7-15/h9,12H,4-6,8H2,1-3H3,(H,16,17)/t9-,12+/m1/s1. The van der Waals surface area contributed by atoms with Crippen LogP contribution in [0.2, 0.25) is 0 Å². The number of hydrogen-bond donors (Lipinski definition) is 1. The smallest absolute Gasteiger partial charge is 0.224 e. The first-order valence-electron chi connectivity index (χ1n) is 6.83. The normalized spacial score (nSPS) is 20.5. The highest BCUT2D eigenvalue weighted by atomic mass is 16.5. The van der Waals surface area contributed by atoms with Gasteiger partial charge in [-0.15, -0.1) is 0 Å². The summed E-state index contributed by atoms with van der Waals surface area (Å²) in [6, 6.07) is 1.66. The van der Waals surface area contributed by atoms with E-state index in [9.17, 15) is 4.79 Å². The number of nitrogens with zero attached hydrogens (tertiary/aromatic N) is 3. The van der Waals surface area contributed by atoms with Crippen LogP contribution in [0.3, 0.4) is 0 Å². The third kappa shape index (κ3) is 2.83. The Kier molecular flexibility index (Phi) is 4.40. The number of ether oxygens (including phenoxy) is 1. The molecule has 1 amide bonds. The Hall–Kier alpha value is -1.87. The lowest BCUT2D eigenvalue weighted by Gasteiger charge is -2.32. The Morgan fingerprint density at radius 3 is 3.00 bits per heavy atom. The molecule has 6 nitrogen and oxygen atoms in total. The van der Waals surface area contributed by atoms with Gasteiger partial charge in [0.1, 0.15) is 6.04 Å². The maximum atomic E-state index is 12.4. The summed E-state index contributed by atoms with van der Waals surface area (Å²) < 4.78 is 5.24. The number of aromatic nitrogens is 2. The van der Waals surface area contributed by atoms with E-state index in [2.05, 4.69) is 16.3 Å². The topological polar surface area (TPSA) is 82.0 Å². The molecule has 6 heteroatoms. The third-order valence-corrected chi connectivity index (χ3v) is 3.76. The van der Waals surface area contributed by atoms with Gasteiger partial charge >= 0.3 is 0 Å². The quantitative estimate of drug-likeness (QED) is 0.901. The van der Waals surface area contributed by atoms with E-state index in [1.807, 2.05) is 20.8 Å². The van der Waals surface area contributed by atoms with E-state index in [0.29, 0.717) is 26.2 Å². The van der Waals surface area contributed by atoms with Crippen LogP contribution in [0.4, 0.5) is 0 Å². The zero-order valence-corrected chi connectivity index (χ0v) is 12.1. The van der Waals surface area contributed by atoms with Gasteiger partial charge in [0.15, 0.2) is 0 Å². The lowest BCUT2D eigenvalue weighted by atomic mass is 9.95. The zero-order chi connectivity index (χ0) is 14.7. The van der Waals surface area contributed by atoms with Crippen molar-refractivity contribution in [2.24, 2.45) is 0 Å². The van der Waals surface area contributed by atoms with Crippen LogP contribution in [-0.2, 0) is 9.53 Å². The molecule has 2 heterocycles. The van der Waals surface area contributed by atoms with Crippen LogP contribution in [0.1, 0.15) is 36.2 Å². The van der Waals surface area contributed by atoms with Gasteiger partial charge in [-0.25, -0.2) is 0 Å². The van der Waals surface area contributed by atoms with Crippen molar-refractivity contribution in [1.29, 1.82) is 5.26 Å². The summed E-state index contributed by atoms with van der Waals surface area (Å²) in [5, 5.41) is 16.2. The van der Waals surface area contributed by atoms with Crippen molar-refractivity contribution in [2.75, 3.05) is 19.8 Å². The Morgan fingerprint density at radius 2 is 2.40 bits per heavy atom. The van der Waals surface area contributed by atoms with Gasteiger partial charge in [0.25, 0.3) is 0 Å². The maximum Gasteiger partial charge on any atom is 0.224 e. The number of carbonyl (C=O) groups is 1. The van der Waals surface area contributed by atoms with Crippen molar-refractivity contribution >= 4 is 5.91 Å². The molecular formula is C14H20N4O2. The van der Waals surface area contributed by atoms with Gasteiger partial charge in [-0.3, -0.25) is 9.89 Å². The molecule has 1 aromatic heterocycles. The summed E-state index contributed by atoms with van der Waals surface area (Å²) in [5.41, 5.74) is 3.03. The molecule has 1 N–H and O–H groups in total. The second-order valence-corrected chi connectivity index (χ2v) is 5.26. The fourth-order valence-electron chi connectivity index (χ4n) is 2.78. The summed E-state index contributed by atoms with van der Waals surface area (Å²) in [4.78, 5) is 14.0. The van der Waals surface area contributed by atoms with Gasteiger partial charge in [0, 0.05) is 18.7 Å². The van der Waals surface area contributed by atoms with Crippen molar-refractivity contribution in [3.63, 3.8) is 0 Å². The number of rotatable bonds is 3. The van der Waals surface area contributed by atoms with Gasteiger partial charge in [0.05, 0.1) is 25.0 Å². The van der Waals surface area contributed by atoms with E-state index in [0.717, 1.165) is 17.0 Å². The highest BCUT2D eigenvalue weighted by Crippen LogP contribution is 2.25. The molecule has 1 saturated heterocycles. The van der Waals surface area contributed by atoms with Gasteiger partial charge < -0.3 is 9.64 Å². The SMILES string of the molecule is Cc1n[nH]c(C)c1[C@H](C)CC(=O)N1CCOC[C@@H]1C#N. The Morgan fingerprint density at radius 1 is 1.65 bits per heavy atom. The molecular weight excluding hydrogens is 256 g/mol. The molecule has 108 valence electrons. The molecule has 2 rings (SSSR count). The number of amides is 1. The van der Waals surface area contributed by atoms with Crippen LogP contribution in [0, 0.1) is 25.2 Å². The number of aromatic amines is 1. The molecule has 1 aromatic rings. The van der Waals surface area contributed by atoms with Crippen LogP contribution < -0.4 is 0 Å². The molecule has 0 radical (unpaired) electrons. The molecule has 1 aliphatic heterocycles. The lowest BCUT2D eigenvalue weighted by molar-refractivity contribution is -0.138. The number of H-pyrrole nitrogens is 1. The van der Waals surface area contributed by atoms with E-state index in [-0.39, 0.29) is 11.8 Å². The fourth-order valence-corrected chi connectivity index (χ4v) is 2.78. The first-order chi connectivity index (χ1) is 9.54. The highest BCUT2D eigenvalue weighted by molar-refractivity contribution is 5.78. The van der Waals surface area contributed by atoms with Crippen LogP contribution in [-0.4, -0.2) is 46.8 Å². The van der Waals surface area contributed by atoms with Crippen molar-refractivity contribution in [1.82, 2.24) is 15.1 Å². The molecule has 2 atom stereocenters. The first kappa shape index (κ1) is 14.5. The van der Waals surface area contributed by atoms with Crippen molar-refractivity contribution in [3.05, 3.63) is 17.0 Å². The van der Waals surface area contributed by atoms with Crippen molar-refractivity contribution < 1.29 is 9.53 Å². The molecule has 0 aromatic carbocycles. The minimum absolute atomic E-state index is 0.00681. The highest BCUT2D eigenvalue weighted by Gasteiger charge is 2.29. The predicted octanol–water partition coefficient (Wildman–Crippen LogP) is 1.27. The molecule has 0 aliphatic carbocycles. The Bertz CT molecular complexity index is 512. The second-order valence-electron chi connectivity index (χ2n) is 5.26. The minimum Gasteiger partial charge on any atom is -0.376 e. The number of morpholine rings is 1. The van der Waals surface area contributed by atoms with Gasteiger partial charge in [-0.05, 0) is 25.3 Å². The number of nitriles is 1. The van der Waals surface area contributed by atoms with Gasteiger partial charge in [-0.1, -0.05) is 6.92 Å². The minimum atomic E-state index is -0.463. The fraction of sp³-hybridized carbons (Fsp3) is 0.643. The zero-order valence-electron chi connectivity index (χ0n) is 12.1. The van der Waals surface area contributed by atoms with Crippen molar-refractivity contribution in [3.8, 4) is 6.07 Å². The van der Waals surface area contributed by atoms with Gasteiger partial charge in [-0.2, -0.15) is 10.4 Å². The third-order valence-electron chi connectivity index (χ3n) is 3.76. The van der Waals surface area contributed by atoms with Crippen LogP contribution in [0.5, 0.6) is 0 Å². The average molecular weight is 276 g/mol. The second kappa shape index (κ2) is 6.06. The van der Waals surface area contributed by atoms with E-state index in [1.54, 1.807) is 4.90 Å². The van der Waals surface area contributed by atoms with E-state index < -0.39 is 6.04 Å². The van der Waals surface area contributed by atoms with Crippen LogP contribution >= 0.6 is 0 Å². The summed E-state index contributed by atoms with van der Waals surface area (Å²) in [6.45, 7) is 7.22. The number of hydrogen-bond acceptors (Lipinski definition) is 4. The average Bonchev–Trinajstić information content (AvgIpc) is 2.78. The van der Waals surface area contributed by atoms with Crippen LogP contribution in [0.25, 0.3) is 0 Å². The molecule has 0 saturated carbocycles. The van der Waals surface area contributed by atoms with Gasteiger partial charge in [0.2, 0.25) is 5.91 Å². The summed E-state index contributed by atoms with van der Waals surface area (Å²) in [6.07, 6.45) is 0.388. The number of nitrogens with one attached hydrogen (secondary N) is 1. The van der Waals surface area contributed by atoms with Crippen LogP contribution in [0.15, 0.2) is 0 Å². The maximum absolute atomic E-state index is 12.4. The Labute approximate surface area is 118 Å². The lowest BCUT2D eigenvalue weighted by Crippen LogP contribution is -2.48. The van der Waals surface area contributed by atoms with E-state index >= 15 is 0 Å².